The molecule has 0 fully saturated rings. The fraction of sp³-hybridized carbons (Fsp3) is 0.333. The monoisotopic (exact) mass is 331 g/mol. The van der Waals surface area contributed by atoms with Crippen molar-refractivity contribution in [3.63, 3.8) is 0 Å². The van der Waals surface area contributed by atoms with Crippen LogP contribution in [-0.2, 0) is 22.9 Å². The Balaban J connectivity index is 1.51. The first kappa shape index (κ1) is 16.0. The lowest BCUT2D eigenvalue weighted by atomic mass is 10.0. The molecule has 0 amide bonds. The van der Waals surface area contributed by atoms with E-state index < -0.39 is 10.0 Å². The second-order valence-electron chi connectivity index (χ2n) is 5.85. The van der Waals surface area contributed by atoms with Crippen molar-refractivity contribution in [2.24, 2.45) is 0 Å². The lowest BCUT2D eigenvalue weighted by Gasteiger charge is -2.25. The summed E-state index contributed by atoms with van der Waals surface area (Å²) in [7, 11) is -3.28. The van der Waals surface area contributed by atoms with Crippen molar-refractivity contribution in [2.75, 3.05) is 12.4 Å². The van der Waals surface area contributed by atoms with Crippen LogP contribution in [0.1, 0.15) is 17.5 Å². The number of rotatable bonds is 6. The van der Waals surface area contributed by atoms with E-state index in [-0.39, 0.29) is 11.8 Å². The van der Waals surface area contributed by atoms with Crippen LogP contribution >= 0.6 is 0 Å². The average molecular weight is 331 g/mol. The molecule has 2 aromatic carbocycles. The molecular formula is C18H21NO3S. The van der Waals surface area contributed by atoms with E-state index in [1.165, 1.54) is 0 Å². The highest BCUT2D eigenvalue weighted by Gasteiger charge is 2.23. The highest BCUT2D eigenvalue weighted by Crippen LogP contribution is 2.24. The quantitative estimate of drug-likeness (QED) is 0.885. The normalized spacial score (nSPS) is 17.3. The van der Waals surface area contributed by atoms with Crippen molar-refractivity contribution in [1.82, 2.24) is 4.72 Å². The molecular weight excluding hydrogens is 310 g/mol. The number of fused-ring (bicyclic) bond motifs is 1. The molecule has 0 aromatic heterocycles. The van der Waals surface area contributed by atoms with Crippen molar-refractivity contribution in [1.29, 1.82) is 0 Å². The van der Waals surface area contributed by atoms with Crippen LogP contribution in [0, 0.1) is 0 Å². The van der Waals surface area contributed by atoms with Gasteiger partial charge < -0.3 is 4.74 Å². The summed E-state index contributed by atoms with van der Waals surface area (Å²) in [4.78, 5) is 0. The molecule has 0 saturated heterocycles. The van der Waals surface area contributed by atoms with Gasteiger partial charge in [-0.05, 0) is 36.5 Å². The molecule has 0 saturated carbocycles. The molecule has 3 rings (SSSR count). The van der Waals surface area contributed by atoms with Gasteiger partial charge in [0.15, 0.2) is 0 Å². The molecule has 5 heteroatoms. The molecule has 4 nitrogen and oxygen atoms in total. The number of sulfonamides is 1. The van der Waals surface area contributed by atoms with E-state index in [2.05, 4.69) is 4.72 Å². The van der Waals surface area contributed by atoms with E-state index in [9.17, 15) is 8.42 Å². The van der Waals surface area contributed by atoms with Crippen molar-refractivity contribution in [3.8, 4) is 5.75 Å². The van der Waals surface area contributed by atoms with Crippen molar-refractivity contribution < 1.29 is 13.2 Å². The van der Waals surface area contributed by atoms with Gasteiger partial charge in [-0.1, -0.05) is 48.5 Å². The predicted molar refractivity (Wildman–Crippen MR) is 91.1 cm³/mol. The summed E-state index contributed by atoms with van der Waals surface area (Å²) >= 11 is 0. The van der Waals surface area contributed by atoms with Gasteiger partial charge in [0.05, 0.1) is 11.8 Å². The van der Waals surface area contributed by atoms with Crippen LogP contribution in [0.2, 0.25) is 0 Å². The summed E-state index contributed by atoms with van der Waals surface area (Å²) in [6.45, 7) is 0.384. The first-order valence-corrected chi connectivity index (χ1v) is 9.52. The Hall–Kier alpha value is -1.85. The predicted octanol–water partition coefficient (Wildman–Crippen LogP) is 2.54. The van der Waals surface area contributed by atoms with Gasteiger partial charge in [-0.15, -0.1) is 0 Å². The van der Waals surface area contributed by atoms with Crippen molar-refractivity contribution >= 4 is 10.0 Å². The molecule has 2 aromatic rings. The van der Waals surface area contributed by atoms with Gasteiger partial charge in [0.25, 0.3) is 0 Å². The highest BCUT2D eigenvalue weighted by molar-refractivity contribution is 7.89. The van der Waals surface area contributed by atoms with Crippen LogP contribution in [0.5, 0.6) is 5.75 Å². The third-order valence-electron chi connectivity index (χ3n) is 3.95. The van der Waals surface area contributed by atoms with Crippen LogP contribution in [-0.4, -0.2) is 26.8 Å². The smallest absolute Gasteiger partial charge is 0.211 e. The molecule has 1 atom stereocenters. The number of nitrogens with one attached hydrogen (secondary N) is 1. The Kier molecular flexibility index (Phi) is 4.98. The summed E-state index contributed by atoms with van der Waals surface area (Å²) in [6, 6.07) is 17.5. The molecule has 0 aliphatic carbocycles. The number of aryl methyl sites for hydroxylation is 1. The number of benzene rings is 2. The van der Waals surface area contributed by atoms with Gasteiger partial charge in [0, 0.05) is 0 Å². The van der Waals surface area contributed by atoms with Crippen LogP contribution in [0.4, 0.5) is 0 Å². The molecule has 0 spiro atoms. The van der Waals surface area contributed by atoms with E-state index in [0.29, 0.717) is 19.4 Å². The summed E-state index contributed by atoms with van der Waals surface area (Å²) in [5.41, 5.74) is 2.22. The van der Waals surface area contributed by atoms with Crippen molar-refractivity contribution in [2.45, 2.75) is 25.3 Å². The number of hydrogen-bond donors (Lipinski definition) is 1. The summed E-state index contributed by atoms with van der Waals surface area (Å²) in [5.74, 6) is 0.993. The second kappa shape index (κ2) is 7.15. The first-order chi connectivity index (χ1) is 11.1. The Morgan fingerprint density at radius 3 is 2.61 bits per heavy atom. The fourth-order valence-electron chi connectivity index (χ4n) is 2.83. The Bertz CT molecular complexity index is 744. The van der Waals surface area contributed by atoms with Gasteiger partial charge in [-0.2, -0.15) is 0 Å². The minimum atomic E-state index is -3.28. The number of para-hydroxylation sites is 1. The molecule has 23 heavy (non-hydrogen) atoms. The second-order valence-corrected chi connectivity index (χ2v) is 7.72. The van der Waals surface area contributed by atoms with Crippen LogP contribution in [0.3, 0.4) is 0 Å². The van der Waals surface area contributed by atoms with Crippen LogP contribution in [0.25, 0.3) is 0 Å². The van der Waals surface area contributed by atoms with E-state index in [4.69, 9.17) is 4.74 Å². The molecule has 1 aliphatic heterocycles. The third-order valence-corrected chi connectivity index (χ3v) is 5.47. The maximum absolute atomic E-state index is 12.2. The lowest BCUT2D eigenvalue weighted by molar-refractivity contribution is 0.254. The Morgan fingerprint density at radius 1 is 1.04 bits per heavy atom. The zero-order chi connectivity index (χ0) is 16.1. The van der Waals surface area contributed by atoms with Gasteiger partial charge in [-0.3, -0.25) is 0 Å². The summed E-state index contributed by atoms with van der Waals surface area (Å²) in [5, 5.41) is 0. The fourth-order valence-corrected chi connectivity index (χ4v) is 4.13. The van der Waals surface area contributed by atoms with Crippen LogP contribution < -0.4 is 9.46 Å². The molecule has 122 valence electrons. The topological polar surface area (TPSA) is 55.4 Å². The van der Waals surface area contributed by atoms with E-state index in [1.807, 2.05) is 54.6 Å². The Labute approximate surface area is 137 Å². The minimum Gasteiger partial charge on any atom is -0.492 e. The van der Waals surface area contributed by atoms with Gasteiger partial charge in [-0.25, -0.2) is 13.1 Å². The average Bonchev–Trinajstić information content (AvgIpc) is 2.55. The van der Waals surface area contributed by atoms with E-state index in [0.717, 1.165) is 23.3 Å². The number of hydrogen-bond acceptors (Lipinski definition) is 3. The Morgan fingerprint density at radius 2 is 1.78 bits per heavy atom. The van der Waals surface area contributed by atoms with Crippen molar-refractivity contribution in [3.05, 3.63) is 65.7 Å². The van der Waals surface area contributed by atoms with Gasteiger partial charge in [0.1, 0.15) is 12.4 Å². The first-order valence-electron chi connectivity index (χ1n) is 7.87. The molecule has 1 N–H and O–H groups in total. The zero-order valence-electron chi connectivity index (χ0n) is 12.9. The molecule has 1 aliphatic rings. The maximum atomic E-state index is 12.2. The van der Waals surface area contributed by atoms with Gasteiger partial charge in [0.2, 0.25) is 10.0 Å². The molecule has 1 heterocycles. The summed E-state index contributed by atoms with van der Waals surface area (Å²) in [6.07, 6.45) is 2.06. The van der Waals surface area contributed by atoms with Crippen LogP contribution in [0.15, 0.2) is 54.6 Å². The molecule has 1 unspecified atom stereocenters. The maximum Gasteiger partial charge on any atom is 0.211 e. The van der Waals surface area contributed by atoms with E-state index in [1.54, 1.807) is 0 Å². The lowest BCUT2D eigenvalue weighted by Crippen LogP contribution is -2.43. The standard InChI is InChI=1S/C18H21NO3S/c20-23(21,12-6-9-15-7-2-1-3-8-15)19-17-13-16-10-4-5-11-18(16)22-14-17/h1-5,7-8,10-11,17,19H,6,9,12-14H2. The molecule has 0 bridgehead atoms. The third kappa shape index (κ3) is 4.56. The number of ether oxygens (including phenoxy) is 1. The summed E-state index contributed by atoms with van der Waals surface area (Å²) < 4.78 is 32.9. The highest BCUT2D eigenvalue weighted by atomic mass is 32.2. The zero-order valence-corrected chi connectivity index (χ0v) is 13.8. The van der Waals surface area contributed by atoms with E-state index >= 15 is 0 Å². The minimum absolute atomic E-state index is 0.139. The van der Waals surface area contributed by atoms with Gasteiger partial charge >= 0.3 is 0 Å². The molecule has 0 radical (unpaired) electrons. The SMILES string of the molecule is O=S(=O)(CCCc1ccccc1)NC1COc2ccccc2C1. The largest absolute Gasteiger partial charge is 0.492 e.